The Hall–Kier alpha value is -2.94. The zero-order chi connectivity index (χ0) is 26.1. The molecule has 0 saturated carbocycles. The van der Waals surface area contributed by atoms with Crippen LogP contribution in [0.5, 0.6) is 5.75 Å². The van der Waals surface area contributed by atoms with Crippen LogP contribution in [0.3, 0.4) is 0 Å². The highest BCUT2D eigenvalue weighted by Gasteiger charge is 2.28. The molecule has 0 unspecified atom stereocenters. The number of amides is 2. The zero-order valence-electron chi connectivity index (χ0n) is 22.0. The molecule has 3 atom stereocenters. The first-order valence-corrected chi connectivity index (χ1v) is 12.4. The summed E-state index contributed by atoms with van der Waals surface area (Å²) in [5.41, 5.74) is 2.22. The summed E-state index contributed by atoms with van der Waals surface area (Å²) < 4.78 is 16.9. The maximum atomic E-state index is 13.4. The van der Waals surface area contributed by atoms with Crippen molar-refractivity contribution in [1.29, 1.82) is 0 Å². The number of methoxy groups -OCH3 is 2. The number of anilines is 1. The number of ether oxygens (including phenoxy) is 3. The first-order chi connectivity index (χ1) is 17.3. The highest BCUT2D eigenvalue weighted by molar-refractivity contribution is 5.99. The molecule has 36 heavy (non-hydrogen) atoms. The monoisotopic (exact) mass is 497 g/mol. The molecule has 8 nitrogen and oxygen atoms in total. The van der Waals surface area contributed by atoms with Gasteiger partial charge in [-0.05, 0) is 43.0 Å². The molecule has 196 valence electrons. The maximum Gasteiger partial charge on any atom is 0.257 e. The van der Waals surface area contributed by atoms with E-state index in [4.69, 9.17) is 14.2 Å². The Kier molecular flexibility index (Phi) is 10.3. The fourth-order valence-electron chi connectivity index (χ4n) is 4.49. The number of nitrogens with zero attached hydrogens (tertiary/aromatic N) is 2. The molecule has 0 spiro atoms. The van der Waals surface area contributed by atoms with E-state index in [1.54, 1.807) is 37.3 Å². The molecule has 2 aromatic carbocycles. The van der Waals surface area contributed by atoms with Gasteiger partial charge in [0.15, 0.2) is 0 Å². The summed E-state index contributed by atoms with van der Waals surface area (Å²) >= 11 is 0. The lowest BCUT2D eigenvalue weighted by atomic mass is 10.0. The highest BCUT2D eigenvalue weighted by atomic mass is 16.5. The number of carbonyl (C=O) groups excluding carboxylic acids is 2. The fourth-order valence-corrected chi connectivity index (χ4v) is 4.49. The molecular formula is C28H39N3O5. The van der Waals surface area contributed by atoms with Crippen LogP contribution in [0, 0.1) is 5.92 Å². The Morgan fingerprint density at radius 3 is 2.56 bits per heavy atom. The van der Waals surface area contributed by atoms with Gasteiger partial charge in [0.25, 0.3) is 5.91 Å². The van der Waals surface area contributed by atoms with E-state index in [2.05, 4.69) is 48.3 Å². The van der Waals surface area contributed by atoms with Gasteiger partial charge in [0.05, 0.1) is 11.7 Å². The van der Waals surface area contributed by atoms with Crippen LogP contribution in [0.15, 0.2) is 48.5 Å². The molecule has 3 rings (SSSR count). The van der Waals surface area contributed by atoms with Crippen molar-refractivity contribution in [3.63, 3.8) is 0 Å². The number of rotatable bonds is 7. The van der Waals surface area contributed by atoms with Crippen molar-refractivity contribution in [2.45, 2.75) is 32.4 Å². The Bertz CT molecular complexity index is 1000. The highest BCUT2D eigenvalue weighted by Crippen LogP contribution is 2.26. The molecule has 1 aliphatic heterocycles. The van der Waals surface area contributed by atoms with Crippen molar-refractivity contribution in [2.75, 3.05) is 59.4 Å². The average molecular weight is 498 g/mol. The van der Waals surface area contributed by atoms with Crippen LogP contribution in [-0.2, 0) is 20.7 Å². The number of benzene rings is 2. The minimum atomic E-state index is -0.289. The minimum absolute atomic E-state index is 0.0643. The zero-order valence-corrected chi connectivity index (χ0v) is 22.0. The van der Waals surface area contributed by atoms with Gasteiger partial charge in [-0.2, -0.15) is 0 Å². The third-order valence-corrected chi connectivity index (χ3v) is 6.66. The van der Waals surface area contributed by atoms with Crippen LogP contribution in [0.2, 0.25) is 0 Å². The number of nitrogens with one attached hydrogen (secondary N) is 1. The van der Waals surface area contributed by atoms with E-state index >= 15 is 0 Å². The predicted molar refractivity (Wildman–Crippen MR) is 141 cm³/mol. The Balaban J connectivity index is 1.87. The second-order valence-electron chi connectivity index (χ2n) is 9.52. The standard InChI is InChI=1S/C28H39N3O5/c1-20-16-31(14-13-22-9-7-6-8-10-22)21(2)18-36-25-12-11-23(29-27(32)19-34-4)15-24(25)28(33)30(3)17-26(20)35-5/h6-12,15,20-21,26H,13-14,16-19H2,1-5H3,(H,29,32)/t20-,21+,26+/m1/s1. The molecule has 8 heteroatoms. The normalized spacial score (nSPS) is 21.6. The molecule has 0 fully saturated rings. The van der Waals surface area contributed by atoms with E-state index in [-0.39, 0.29) is 36.5 Å². The van der Waals surface area contributed by atoms with Gasteiger partial charge in [-0.1, -0.05) is 37.3 Å². The van der Waals surface area contributed by atoms with Crippen LogP contribution < -0.4 is 10.1 Å². The molecule has 1 N–H and O–H groups in total. The Morgan fingerprint density at radius 2 is 1.86 bits per heavy atom. The number of fused-ring (bicyclic) bond motifs is 1. The van der Waals surface area contributed by atoms with Gasteiger partial charge < -0.3 is 24.4 Å². The summed E-state index contributed by atoms with van der Waals surface area (Å²) in [6, 6.07) is 15.7. The molecule has 0 aliphatic carbocycles. The first-order valence-electron chi connectivity index (χ1n) is 12.4. The lowest BCUT2D eigenvalue weighted by Crippen LogP contribution is -2.47. The summed E-state index contributed by atoms with van der Waals surface area (Å²) in [5, 5.41) is 2.77. The van der Waals surface area contributed by atoms with Crippen LogP contribution >= 0.6 is 0 Å². The van der Waals surface area contributed by atoms with Crippen molar-refractivity contribution in [1.82, 2.24) is 9.80 Å². The van der Waals surface area contributed by atoms with E-state index in [0.29, 0.717) is 30.2 Å². The van der Waals surface area contributed by atoms with Gasteiger partial charge in [0.2, 0.25) is 5.91 Å². The van der Waals surface area contributed by atoms with Gasteiger partial charge in [0, 0.05) is 52.6 Å². The molecular weight excluding hydrogens is 458 g/mol. The number of hydrogen-bond donors (Lipinski definition) is 1. The quantitative estimate of drug-likeness (QED) is 0.632. The van der Waals surface area contributed by atoms with Crippen LogP contribution in [0.4, 0.5) is 5.69 Å². The molecule has 1 aliphatic rings. The summed E-state index contributed by atoms with van der Waals surface area (Å²) in [6.07, 6.45) is 0.813. The molecule has 2 aromatic rings. The minimum Gasteiger partial charge on any atom is -0.491 e. The lowest BCUT2D eigenvalue weighted by Gasteiger charge is -2.36. The van der Waals surface area contributed by atoms with Crippen molar-refractivity contribution >= 4 is 17.5 Å². The van der Waals surface area contributed by atoms with Gasteiger partial charge >= 0.3 is 0 Å². The molecule has 0 radical (unpaired) electrons. The van der Waals surface area contributed by atoms with E-state index in [1.807, 2.05) is 6.07 Å². The largest absolute Gasteiger partial charge is 0.491 e. The van der Waals surface area contributed by atoms with E-state index < -0.39 is 0 Å². The number of hydrogen-bond acceptors (Lipinski definition) is 6. The van der Waals surface area contributed by atoms with Gasteiger partial charge in [-0.3, -0.25) is 14.5 Å². The first kappa shape index (κ1) is 27.6. The third kappa shape index (κ3) is 7.53. The smallest absolute Gasteiger partial charge is 0.257 e. The summed E-state index contributed by atoms with van der Waals surface area (Å²) in [6.45, 7) is 6.84. The van der Waals surface area contributed by atoms with Crippen molar-refractivity contribution < 1.29 is 23.8 Å². The van der Waals surface area contributed by atoms with E-state index in [1.165, 1.54) is 12.7 Å². The molecule has 1 heterocycles. The lowest BCUT2D eigenvalue weighted by molar-refractivity contribution is -0.119. The molecule has 0 aromatic heterocycles. The molecule has 2 amide bonds. The van der Waals surface area contributed by atoms with Crippen molar-refractivity contribution in [2.24, 2.45) is 5.92 Å². The SMILES string of the molecule is COCC(=O)Nc1ccc2c(c1)C(=O)N(C)C[C@H](OC)[C@H](C)CN(CCc1ccccc1)[C@@H](C)CO2. The predicted octanol–water partition coefficient (Wildman–Crippen LogP) is 3.32. The summed E-state index contributed by atoms with van der Waals surface area (Å²) in [5.74, 6) is 0.218. The number of likely N-dealkylation sites (N-methyl/N-ethyl adjacent to an activating group) is 1. The maximum absolute atomic E-state index is 13.4. The number of carbonyl (C=O) groups is 2. The van der Waals surface area contributed by atoms with Crippen LogP contribution in [0.25, 0.3) is 0 Å². The van der Waals surface area contributed by atoms with Gasteiger partial charge in [-0.25, -0.2) is 0 Å². The van der Waals surface area contributed by atoms with Crippen LogP contribution in [0.1, 0.15) is 29.8 Å². The van der Waals surface area contributed by atoms with Crippen LogP contribution in [-0.4, -0.2) is 87.9 Å². The van der Waals surface area contributed by atoms with E-state index in [9.17, 15) is 9.59 Å². The summed E-state index contributed by atoms with van der Waals surface area (Å²) in [7, 11) is 4.92. The van der Waals surface area contributed by atoms with Crippen molar-refractivity contribution in [3.8, 4) is 5.75 Å². The van der Waals surface area contributed by atoms with Gasteiger partial charge in [-0.15, -0.1) is 0 Å². The topological polar surface area (TPSA) is 80.3 Å². The average Bonchev–Trinajstić information content (AvgIpc) is 2.88. The van der Waals surface area contributed by atoms with Gasteiger partial charge in [0.1, 0.15) is 19.0 Å². The Labute approximate surface area is 214 Å². The second kappa shape index (κ2) is 13.4. The van der Waals surface area contributed by atoms with E-state index in [0.717, 1.165) is 19.5 Å². The second-order valence-corrected chi connectivity index (χ2v) is 9.52. The molecule has 0 saturated heterocycles. The fraction of sp³-hybridized carbons (Fsp3) is 0.500. The third-order valence-electron chi connectivity index (χ3n) is 6.66. The molecule has 0 bridgehead atoms. The Morgan fingerprint density at radius 1 is 1.11 bits per heavy atom. The summed E-state index contributed by atoms with van der Waals surface area (Å²) in [4.78, 5) is 29.5. The van der Waals surface area contributed by atoms with Crippen molar-refractivity contribution in [3.05, 3.63) is 59.7 Å².